The Morgan fingerprint density at radius 3 is 2.48 bits per heavy atom. The number of carbonyl (C=O) groups excluding carboxylic acids is 2. The maximum Gasteiger partial charge on any atom is 0.350 e. The lowest BCUT2D eigenvalue weighted by Crippen LogP contribution is -2.36. The van der Waals surface area contributed by atoms with Crippen LogP contribution in [0.5, 0.6) is 0 Å². The van der Waals surface area contributed by atoms with E-state index in [-0.39, 0.29) is 24.3 Å². The molecule has 2 aliphatic carbocycles. The SMILES string of the molecule is CCOC(=O)c1sc(-c2ccccc2)cc1NC(=O)[C@@H]1[C@@H](C(=O)O)[C@H]2C=C[C@H]1C2. The second-order valence-electron chi connectivity index (χ2n) is 7.27. The summed E-state index contributed by atoms with van der Waals surface area (Å²) in [6.07, 6.45) is 4.51. The van der Waals surface area contributed by atoms with Gasteiger partial charge in [0.05, 0.1) is 24.1 Å². The standard InChI is InChI=1S/C22H21NO5S/c1-2-28-22(27)19-15(11-16(29-19)12-6-4-3-5-7-12)23-20(24)17-13-8-9-14(10-13)18(17)21(25)26/h3-9,11,13-14,17-18H,2,10H2,1H3,(H,23,24)(H,25,26)/t13-,14-,17-,18-/m0/s1. The molecule has 150 valence electrons. The molecule has 1 saturated carbocycles. The number of thiophene rings is 1. The van der Waals surface area contributed by atoms with Crippen LogP contribution in [0.2, 0.25) is 0 Å². The van der Waals surface area contributed by atoms with Gasteiger partial charge in [-0.15, -0.1) is 11.3 Å². The quantitative estimate of drug-likeness (QED) is 0.553. The van der Waals surface area contributed by atoms with Crippen LogP contribution >= 0.6 is 11.3 Å². The number of anilines is 1. The number of carbonyl (C=O) groups is 3. The summed E-state index contributed by atoms with van der Waals surface area (Å²) >= 11 is 1.25. The Balaban J connectivity index is 1.64. The molecule has 2 N–H and O–H groups in total. The highest BCUT2D eigenvalue weighted by Gasteiger charge is 2.51. The lowest BCUT2D eigenvalue weighted by molar-refractivity contribution is -0.146. The van der Waals surface area contributed by atoms with Gasteiger partial charge < -0.3 is 15.2 Å². The van der Waals surface area contributed by atoms with Crippen molar-refractivity contribution in [3.63, 3.8) is 0 Å². The second kappa shape index (κ2) is 7.83. The van der Waals surface area contributed by atoms with Crippen LogP contribution in [-0.2, 0) is 14.3 Å². The van der Waals surface area contributed by atoms with Crippen LogP contribution in [-0.4, -0.2) is 29.6 Å². The van der Waals surface area contributed by atoms with Crippen LogP contribution in [0.25, 0.3) is 10.4 Å². The van der Waals surface area contributed by atoms with E-state index in [1.165, 1.54) is 11.3 Å². The third kappa shape index (κ3) is 3.58. The van der Waals surface area contributed by atoms with E-state index in [9.17, 15) is 19.5 Å². The fraction of sp³-hybridized carbons (Fsp3) is 0.318. The van der Waals surface area contributed by atoms with E-state index >= 15 is 0 Å². The molecule has 1 amide bonds. The number of nitrogens with one attached hydrogen (secondary N) is 1. The maximum absolute atomic E-state index is 13.0. The van der Waals surface area contributed by atoms with Gasteiger partial charge in [0.1, 0.15) is 4.88 Å². The number of allylic oxidation sites excluding steroid dienone is 2. The molecular formula is C22H21NO5S. The molecule has 1 heterocycles. The van der Waals surface area contributed by atoms with Gasteiger partial charge in [0.2, 0.25) is 5.91 Å². The van der Waals surface area contributed by atoms with Gasteiger partial charge in [0.25, 0.3) is 0 Å². The van der Waals surface area contributed by atoms with Crippen molar-refractivity contribution in [1.29, 1.82) is 0 Å². The van der Waals surface area contributed by atoms with E-state index in [1.54, 1.807) is 13.0 Å². The Labute approximate surface area is 172 Å². The summed E-state index contributed by atoms with van der Waals surface area (Å²) in [6, 6.07) is 11.3. The third-order valence-electron chi connectivity index (χ3n) is 5.56. The summed E-state index contributed by atoms with van der Waals surface area (Å²) in [7, 11) is 0. The Morgan fingerprint density at radius 1 is 1.14 bits per heavy atom. The van der Waals surface area contributed by atoms with Crippen LogP contribution in [0.3, 0.4) is 0 Å². The first-order valence-electron chi connectivity index (χ1n) is 9.58. The molecule has 7 heteroatoms. The smallest absolute Gasteiger partial charge is 0.350 e. The molecule has 2 aliphatic rings. The van der Waals surface area contributed by atoms with Crippen molar-refractivity contribution in [2.24, 2.45) is 23.7 Å². The van der Waals surface area contributed by atoms with E-state index in [0.717, 1.165) is 10.4 Å². The summed E-state index contributed by atoms with van der Waals surface area (Å²) in [6.45, 7) is 1.95. The highest BCUT2D eigenvalue weighted by Crippen LogP contribution is 2.48. The molecule has 0 unspecified atom stereocenters. The molecule has 2 aromatic rings. The minimum Gasteiger partial charge on any atom is -0.481 e. The van der Waals surface area contributed by atoms with Crippen LogP contribution in [0.4, 0.5) is 5.69 Å². The van der Waals surface area contributed by atoms with E-state index in [1.807, 2.05) is 42.5 Å². The van der Waals surface area contributed by atoms with E-state index < -0.39 is 23.8 Å². The Bertz CT molecular complexity index is 980. The number of carboxylic acids is 1. The van der Waals surface area contributed by atoms with Gasteiger partial charge in [0, 0.05) is 4.88 Å². The third-order valence-corrected chi connectivity index (χ3v) is 6.72. The largest absolute Gasteiger partial charge is 0.481 e. The molecule has 29 heavy (non-hydrogen) atoms. The van der Waals surface area contributed by atoms with Crippen LogP contribution in [0.15, 0.2) is 48.6 Å². The lowest BCUT2D eigenvalue weighted by atomic mass is 9.82. The summed E-state index contributed by atoms with van der Waals surface area (Å²) in [5.74, 6) is -3.39. The number of esters is 1. The average molecular weight is 411 g/mol. The summed E-state index contributed by atoms with van der Waals surface area (Å²) < 4.78 is 5.15. The van der Waals surface area contributed by atoms with Gasteiger partial charge in [-0.3, -0.25) is 9.59 Å². The van der Waals surface area contributed by atoms with Crippen molar-refractivity contribution >= 4 is 34.9 Å². The highest BCUT2D eigenvalue weighted by atomic mass is 32.1. The number of benzene rings is 1. The monoisotopic (exact) mass is 411 g/mol. The Hall–Kier alpha value is -2.93. The number of aliphatic carboxylic acids is 1. The van der Waals surface area contributed by atoms with Crippen LogP contribution in [0.1, 0.15) is 23.0 Å². The molecule has 6 nitrogen and oxygen atoms in total. The minimum absolute atomic E-state index is 0.0839. The first-order chi connectivity index (χ1) is 14.0. The normalized spacial score (nSPS) is 24.4. The van der Waals surface area contributed by atoms with Gasteiger partial charge in [-0.1, -0.05) is 42.5 Å². The van der Waals surface area contributed by atoms with Crippen molar-refractivity contribution in [1.82, 2.24) is 0 Å². The van der Waals surface area contributed by atoms with Gasteiger partial charge >= 0.3 is 11.9 Å². The molecule has 1 aromatic heterocycles. The lowest BCUT2D eigenvalue weighted by Gasteiger charge is -2.23. The summed E-state index contributed by atoms with van der Waals surface area (Å²) in [4.78, 5) is 38.3. The van der Waals surface area contributed by atoms with Crippen molar-refractivity contribution in [3.05, 3.63) is 53.4 Å². The fourth-order valence-corrected chi connectivity index (χ4v) is 5.32. The molecule has 1 aromatic carbocycles. The predicted molar refractivity (Wildman–Crippen MR) is 110 cm³/mol. The number of amides is 1. The Morgan fingerprint density at radius 2 is 1.83 bits per heavy atom. The molecular weight excluding hydrogens is 390 g/mol. The van der Waals surface area contributed by atoms with Crippen molar-refractivity contribution in [2.75, 3.05) is 11.9 Å². The van der Waals surface area contributed by atoms with Crippen LogP contribution in [0, 0.1) is 23.7 Å². The molecule has 0 spiro atoms. The van der Waals surface area contributed by atoms with Gasteiger partial charge in [-0.25, -0.2) is 4.79 Å². The van der Waals surface area contributed by atoms with Gasteiger partial charge in [-0.05, 0) is 36.8 Å². The molecule has 4 atom stereocenters. The molecule has 1 fully saturated rings. The first kappa shape index (κ1) is 19.4. The number of hydrogen-bond donors (Lipinski definition) is 2. The van der Waals surface area contributed by atoms with Gasteiger partial charge in [0.15, 0.2) is 0 Å². The zero-order valence-electron chi connectivity index (χ0n) is 15.8. The average Bonchev–Trinajstić information content (AvgIpc) is 3.43. The molecule has 2 bridgehead atoms. The van der Waals surface area contributed by atoms with E-state index in [0.29, 0.717) is 17.0 Å². The first-order valence-corrected chi connectivity index (χ1v) is 10.4. The molecule has 4 rings (SSSR count). The van der Waals surface area contributed by atoms with Crippen molar-refractivity contribution in [2.45, 2.75) is 13.3 Å². The topological polar surface area (TPSA) is 92.7 Å². The number of carboxylic acid groups (broad SMARTS) is 1. The fourth-order valence-electron chi connectivity index (χ4n) is 4.31. The maximum atomic E-state index is 13.0. The molecule has 0 aliphatic heterocycles. The predicted octanol–water partition coefficient (Wildman–Crippen LogP) is 4.05. The number of fused-ring (bicyclic) bond motifs is 2. The summed E-state index contributed by atoms with van der Waals surface area (Å²) in [5, 5.41) is 12.4. The molecule has 0 radical (unpaired) electrons. The van der Waals surface area contributed by atoms with Crippen LogP contribution < -0.4 is 5.32 Å². The number of ether oxygens (including phenoxy) is 1. The zero-order chi connectivity index (χ0) is 20.5. The van der Waals surface area contributed by atoms with Crippen molar-refractivity contribution < 1.29 is 24.2 Å². The molecule has 0 saturated heterocycles. The highest BCUT2D eigenvalue weighted by molar-refractivity contribution is 7.18. The summed E-state index contributed by atoms with van der Waals surface area (Å²) in [5.41, 5.74) is 1.29. The number of hydrogen-bond acceptors (Lipinski definition) is 5. The second-order valence-corrected chi connectivity index (χ2v) is 8.32. The van der Waals surface area contributed by atoms with Crippen molar-refractivity contribution in [3.8, 4) is 10.4 Å². The van der Waals surface area contributed by atoms with Gasteiger partial charge in [-0.2, -0.15) is 0 Å². The zero-order valence-corrected chi connectivity index (χ0v) is 16.6. The van der Waals surface area contributed by atoms with E-state index in [4.69, 9.17) is 4.74 Å². The van der Waals surface area contributed by atoms with E-state index in [2.05, 4.69) is 5.32 Å². The number of rotatable bonds is 6. The Kier molecular flexibility index (Phi) is 5.24. The minimum atomic E-state index is -0.956.